The molecular formula is C44H88N2. The quantitative estimate of drug-likeness (QED) is 0.0621. The molecule has 1 rings (SSSR count). The molecule has 1 aliphatic heterocycles. The van der Waals surface area contributed by atoms with Crippen LogP contribution in [0, 0.1) is 0 Å². The highest BCUT2D eigenvalue weighted by Gasteiger charge is 2.26. The second-order valence-corrected chi connectivity index (χ2v) is 15.7. The highest BCUT2D eigenvalue weighted by molar-refractivity contribution is 4.98. The van der Waals surface area contributed by atoms with E-state index in [2.05, 4.69) is 49.9 Å². The summed E-state index contributed by atoms with van der Waals surface area (Å²) in [6, 6.07) is 0.604. The molecule has 2 nitrogen and oxygen atoms in total. The molecule has 0 saturated carbocycles. The number of hydrogen-bond acceptors (Lipinski definition) is 2. The standard InChI is InChI=1S/C44H88N2/c1-5-7-9-11-13-15-17-19-21-23-25-27-29-31-33-35-37-39-44-45(41-42-46(44)43(3)4)40-38-36-34-32-30-28-26-24-22-20-18-16-14-12-10-8-6-2/h41-44H,5-40H2,1-4H3. The van der Waals surface area contributed by atoms with Crippen molar-refractivity contribution in [2.45, 2.75) is 265 Å². The third-order valence-corrected chi connectivity index (χ3v) is 10.8. The lowest BCUT2D eigenvalue weighted by Crippen LogP contribution is -2.42. The molecule has 1 aliphatic rings. The maximum absolute atomic E-state index is 2.68. The van der Waals surface area contributed by atoms with Crippen molar-refractivity contribution in [1.29, 1.82) is 0 Å². The van der Waals surface area contributed by atoms with Crippen molar-refractivity contribution in [1.82, 2.24) is 9.80 Å². The van der Waals surface area contributed by atoms with E-state index in [-0.39, 0.29) is 0 Å². The minimum absolute atomic E-state index is 0.604. The first-order valence-corrected chi connectivity index (χ1v) is 21.9. The second-order valence-electron chi connectivity index (χ2n) is 15.7. The monoisotopic (exact) mass is 645 g/mol. The van der Waals surface area contributed by atoms with Gasteiger partial charge in [0.25, 0.3) is 0 Å². The molecule has 0 aromatic carbocycles. The van der Waals surface area contributed by atoms with E-state index in [1.165, 1.54) is 231 Å². The molecule has 1 heterocycles. The van der Waals surface area contributed by atoms with Crippen LogP contribution in [0.15, 0.2) is 12.4 Å². The van der Waals surface area contributed by atoms with E-state index in [0.29, 0.717) is 12.2 Å². The van der Waals surface area contributed by atoms with Gasteiger partial charge in [-0.15, -0.1) is 0 Å². The molecule has 1 atom stereocenters. The van der Waals surface area contributed by atoms with Gasteiger partial charge in [-0.3, -0.25) is 0 Å². The van der Waals surface area contributed by atoms with Crippen molar-refractivity contribution in [3.05, 3.63) is 12.4 Å². The van der Waals surface area contributed by atoms with Gasteiger partial charge in [-0.1, -0.05) is 219 Å². The van der Waals surface area contributed by atoms with Crippen molar-refractivity contribution < 1.29 is 0 Å². The van der Waals surface area contributed by atoms with Gasteiger partial charge >= 0.3 is 0 Å². The third-order valence-electron chi connectivity index (χ3n) is 10.8. The predicted molar refractivity (Wildman–Crippen MR) is 210 cm³/mol. The molecular weight excluding hydrogens is 556 g/mol. The maximum Gasteiger partial charge on any atom is 0.101 e. The van der Waals surface area contributed by atoms with Gasteiger partial charge in [0.1, 0.15) is 6.17 Å². The summed E-state index contributed by atoms with van der Waals surface area (Å²) in [5.41, 5.74) is 0. The van der Waals surface area contributed by atoms with Crippen LogP contribution in [0.3, 0.4) is 0 Å². The minimum atomic E-state index is 0.604. The molecule has 0 aromatic rings. The fourth-order valence-corrected chi connectivity index (χ4v) is 7.66. The van der Waals surface area contributed by atoms with Crippen LogP contribution in [-0.2, 0) is 0 Å². The topological polar surface area (TPSA) is 6.48 Å². The lowest BCUT2D eigenvalue weighted by Gasteiger charge is -2.35. The van der Waals surface area contributed by atoms with Gasteiger partial charge in [0.2, 0.25) is 0 Å². The SMILES string of the molecule is CCCCCCCCCCCCCCCCCCCC1N(CCCCCCCCCCCCCCCCCCC)C=CN1C(C)C. The molecule has 46 heavy (non-hydrogen) atoms. The first kappa shape index (κ1) is 43.4. The summed E-state index contributed by atoms with van der Waals surface area (Å²) in [7, 11) is 0. The molecule has 0 amide bonds. The van der Waals surface area contributed by atoms with Crippen LogP contribution in [0.5, 0.6) is 0 Å². The van der Waals surface area contributed by atoms with E-state index in [1.807, 2.05) is 0 Å². The van der Waals surface area contributed by atoms with Crippen LogP contribution in [0.2, 0.25) is 0 Å². The Kier molecular flexibility index (Phi) is 32.2. The molecule has 0 N–H and O–H groups in total. The second kappa shape index (κ2) is 34.2. The summed E-state index contributed by atoms with van der Waals surface area (Å²) in [5, 5.41) is 0. The van der Waals surface area contributed by atoms with Crippen molar-refractivity contribution in [2.24, 2.45) is 0 Å². The van der Waals surface area contributed by atoms with Gasteiger partial charge in [-0.2, -0.15) is 0 Å². The smallest absolute Gasteiger partial charge is 0.101 e. The Balaban J connectivity index is 1.94. The zero-order valence-corrected chi connectivity index (χ0v) is 32.7. The summed E-state index contributed by atoms with van der Waals surface area (Å²) in [4.78, 5) is 5.30. The van der Waals surface area contributed by atoms with Gasteiger partial charge < -0.3 is 9.80 Å². The van der Waals surface area contributed by atoms with Crippen LogP contribution in [0.4, 0.5) is 0 Å². The van der Waals surface area contributed by atoms with Crippen LogP contribution >= 0.6 is 0 Å². The number of rotatable bonds is 37. The zero-order valence-electron chi connectivity index (χ0n) is 32.7. The fraction of sp³-hybridized carbons (Fsp3) is 0.955. The Morgan fingerprint density at radius 1 is 0.370 bits per heavy atom. The normalized spacial score (nSPS) is 14.8. The molecule has 0 bridgehead atoms. The van der Waals surface area contributed by atoms with Gasteiger partial charge in [-0.25, -0.2) is 0 Å². The first-order chi connectivity index (χ1) is 22.7. The molecule has 0 radical (unpaired) electrons. The molecule has 0 aliphatic carbocycles. The van der Waals surface area contributed by atoms with Gasteiger partial charge in [-0.05, 0) is 33.1 Å². The molecule has 0 fully saturated rings. The predicted octanol–water partition coefficient (Wildman–Crippen LogP) is 15.5. The molecule has 0 saturated heterocycles. The van der Waals surface area contributed by atoms with Crippen molar-refractivity contribution in [3.8, 4) is 0 Å². The van der Waals surface area contributed by atoms with Crippen LogP contribution in [0.1, 0.15) is 252 Å². The molecule has 0 aromatic heterocycles. The molecule has 2 heteroatoms. The van der Waals surface area contributed by atoms with E-state index >= 15 is 0 Å². The molecule has 0 spiro atoms. The van der Waals surface area contributed by atoms with E-state index in [1.54, 1.807) is 0 Å². The van der Waals surface area contributed by atoms with Crippen LogP contribution in [0.25, 0.3) is 0 Å². The Labute approximate surface area is 292 Å². The van der Waals surface area contributed by atoms with E-state index < -0.39 is 0 Å². The van der Waals surface area contributed by atoms with E-state index in [0.717, 1.165) is 0 Å². The summed E-state index contributed by atoms with van der Waals surface area (Å²) in [6.07, 6.45) is 56.2. The van der Waals surface area contributed by atoms with E-state index in [4.69, 9.17) is 0 Å². The summed E-state index contributed by atoms with van der Waals surface area (Å²) in [6.45, 7) is 10.6. The first-order valence-electron chi connectivity index (χ1n) is 21.9. The lowest BCUT2D eigenvalue weighted by atomic mass is 10.0. The van der Waals surface area contributed by atoms with Crippen molar-refractivity contribution in [2.75, 3.05) is 6.54 Å². The summed E-state index contributed by atoms with van der Waals surface area (Å²) < 4.78 is 0. The Hall–Kier alpha value is -0.660. The summed E-state index contributed by atoms with van der Waals surface area (Å²) in [5.74, 6) is 0. The van der Waals surface area contributed by atoms with Gasteiger partial charge in [0, 0.05) is 25.0 Å². The average molecular weight is 645 g/mol. The molecule has 274 valence electrons. The Bertz CT molecular complexity index is 613. The number of unbranched alkanes of at least 4 members (excludes halogenated alkanes) is 32. The third kappa shape index (κ3) is 26.3. The Morgan fingerprint density at radius 3 is 0.957 bits per heavy atom. The average Bonchev–Trinajstić information content (AvgIpc) is 3.46. The van der Waals surface area contributed by atoms with Crippen molar-refractivity contribution >= 4 is 0 Å². The van der Waals surface area contributed by atoms with Gasteiger partial charge in [0.05, 0.1) is 0 Å². The lowest BCUT2D eigenvalue weighted by molar-refractivity contribution is 0.114. The van der Waals surface area contributed by atoms with Gasteiger partial charge in [0.15, 0.2) is 0 Å². The van der Waals surface area contributed by atoms with Crippen LogP contribution in [-0.4, -0.2) is 28.6 Å². The largest absolute Gasteiger partial charge is 0.356 e. The fourth-order valence-electron chi connectivity index (χ4n) is 7.66. The zero-order chi connectivity index (χ0) is 33.2. The Morgan fingerprint density at radius 2 is 0.652 bits per heavy atom. The highest BCUT2D eigenvalue weighted by Crippen LogP contribution is 2.25. The van der Waals surface area contributed by atoms with Crippen LogP contribution < -0.4 is 0 Å². The molecule has 1 unspecified atom stereocenters. The minimum Gasteiger partial charge on any atom is -0.356 e. The summed E-state index contributed by atoms with van der Waals surface area (Å²) >= 11 is 0. The van der Waals surface area contributed by atoms with Crippen molar-refractivity contribution in [3.63, 3.8) is 0 Å². The number of hydrogen-bond donors (Lipinski definition) is 0. The van der Waals surface area contributed by atoms with E-state index in [9.17, 15) is 0 Å². The number of nitrogens with zero attached hydrogens (tertiary/aromatic N) is 2. The maximum atomic E-state index is 2.68. The highest BCUT2D eigenvalue weighted by atomic mass is 15.4.